The quantitative estimate of drug-likeness (QED) is 0.747. The Hall–Kier alpha value is -0.610. The molecule has 1 N–H and O–H groups in total. The van der Waals surface area contributed by atoms with Gasteiger partial charge in [-0.3, -0.25) is 4.68 Å². The van der Waals surface area contributed by atoms with Gasteiger partial charge in [-0.2, -0.15) is 5.10 Å². The first-order valence-corrected chi connectivity index (χ1v) is 5.89. The molecule has 1 aromatic heterocycles. The smallest absolute Gasteiger partial charge is 0.140 e. The third kappa shape index (κ3) is 2.69. The molecule has 0 aliphatic heterocycles. The maximum atomic E-state index is 5.78. The number of hydrogen-bond acceptors (Lipinski definition) is 3. The standard InChI is InChI=1S/C10H17ClN4/c1-15-9(13-8-14-15)6-12-7-10(2-3-10)4-5-11/h8,12H,2-7H2,1H3. The second-order valence-corrected chi connectivity index (χ2v) is 4.72. The Morgan fingerprint density at radius 1 is 1.60 bits per heavy atom. The van der Waals surface area contributed by atoms with E-state index in [0.29, 0.717) is 5.41 Å². The summed E-state index contributed by atoms with van der Waals surface area (Å²) in [6.07, 6.45) is 5.33. The van der Waals surface area contributed by atoms with E-state index >= 15 is 0 Å². The van der Waals surface area contributed by atoms with Gasteiger partial charge in [0.1, 0.15) is 12.2 Å². The average molecular weight is 229 g/mol. The molecule has 0 unspecified atom stereocenters. The number of hydrogen-bond donors (Lipinski definition) is 1. The molecule has 1 aliphatic rings. The molecular weight excluding hydrogens is 212 g/mol. The van der Waals surface area contributed by atoms with Crippen LogP contribution in [0.25, 0.3) is 0 Å². The maximum absolute atomic E-state index is 5.78. The average Bonchev–Trinajstić information content (AvgIpc) is 2.85. The highest BCUT2D eigenvalue weighted by Gasteiger charge is 2.41. The predicted octanol–water partition coefficient (Wildman–Crippen LogP) is 1.31. The lowest BCUT2D eigenvalue weighted by molar-refractivity contribution is 0.438. The molecule has 4 nitrogen and oxygen atoms in total. The number of aromatic nitrogens is 3. The normalized spacial score (nSPS) is 18.0. The van der Waals surface area contributed by atoms with Gasteiger partial charge in [-0.1, -0.05) is 0 Å². The highest BCUT2D eigenvalue weighted by molar-refractivity contribution is 6.17. The summed E-state index contributed by atoms with van der Waals surface area (Å²) < 4.78 is 1.80. The monoisotopic (exact) mass is 228 g/mol. The summed E-state index contributed by atoms with van der Waals surface area (Å²) in [4.78, 5) is 4.17. The molecule has 15 heavy (non-hydrogen) atoms. The minimum atomic E-state index is 0.486. The molecule has 0 spiro atoms. The fraction of sp³-hybridized carbons (Fsp3) is 0.800. The van der Waals surface area contributed by atoms with Crippen molar-refractivity contribution in [3.63, 3.8) is 0 Å². The number of alkyl halides is 1. The SMILES string of the molecule is Cn1ncnc1CNCC1(CCCl)CC1. The van der Waals surface area contributed by atoms with E-state index in [1.807, 2.05) is 7.05 Å². The van der Waals surface area contributed by atoms with Gasteiger partial charge in [-0.25, -0.2) is 4.98 Å². The van der Waals surface area contributed by atoms with Crippen molar-refractivity contribution in [1.82, 2.24) is 20.1 Å². The number of aryl methyl sites for hydroxylation is 1. The van der Waals surface area contributed by atoms with E-state index in [9.17, 15) is 0 Å². The molecule has 2 rings (SSSR count). The Labute approximate surface area is 95.0 Å². The summed E-state index contributed by atoms with van der Waals surface area (Å²) in [5.74, 6) is 1.75. The van der Waals surface area contributed by atoms with E-state index in [1.165, 1.54) is 12.8 Å². The second-order valence-electron chi connectivity index (χ2n) is 4.34. The van der Waals surface area contributed by atoms with Crippen LogP contribution in [0, 0.1) is 5.41 Å². The minimum absolute atomic E-state index is 0.486. The first-order valence-electron chi connectivity index (χ1n) is 5.35. The van der Waals surface area contributed by atoms with E-state index < -0.39 is 0 Å². The predicted molar refractivity (Wildman–Crippen MR) is 59.7 cm³/mol. The van der Waals surface area contributed by atoms with Crippen molar-refractivity contribution in [3.05, 3.63) is 12.2 Å². The minimum Gasteiger partial charge on any atom is -0.309 e. The summed E-state index contributed by atoms with van der Waals surface area (Å²) in [7, 11) is 1.91. The van der Waals surface area contributed by atoms with Crippen molar-refractivity contribution in [2.24, 2.45) is 12.5 Å². The molecule has 1 fully saturated rings. The Bertz CT molecular complexity index is 319. The van der Waals surface area contributed by atoms with Crippen LogP contribution in [0.2, 0.25) is 0 Å². The lowest BCUT2D eigenvalue weighted by atomic mass is 10.0. The second kappa shape index (κ2) is 4.49. The molecule has 1 heterocycles. The summed E-state index contributed by atoms with van der Waals surface area (Å²) in [5, 5.41) is 7.46. The molecule has 1 aromatic rings. The van der Waals surface area contributed by atoms with Crippen LogP contribution in [0.3, 0.4) is 0 Å². The summed E-state index contributed by atoms with van der Waals surface area (Å²) in [5.41, 5.74) is 0.486. The third-order valence-corrected chi connectivity index (χ3v) is 3.36. The lowest BCUT2D eigenvalue weighted by Crippen LogP contribution is -2.25. The number of nitrogens with one attached hydrogen (secondary N) is 1. The van der Waals surface area contributed by atoms with E-state index in [4.69, 9.17) is 11.6 Å². The fourth-order valence-corrected chi connectivity index (χ4v) is 2.21. The molecule has 1 aliphatic carbocycles. The number of halogens is 1. The molecule has 0 aromatic carbocycles. The molecular formula is C10H17ClN4. The van der Waals surface area contributed by atoms with Gasteiger partial charge in [0.15, 0.2) is 0 Å². The molecule has 0 atom stereocenters. The van der Waals surface area contributed by atoms with E-state index in [1.54, 1.807) is 11.0 Å². The zero-order valence-corrected chi connectivity index (χ0v) is 9.80. The lowest BCUT2D eigenvalue weighted by Gasteiger charge is -2.13. The van der Waals surface area contributed by atoms with E-state index in [-0.39, 0.29) is 0 Å². The Kier molecular flexibility index (Phi) is 3.26. The van der Waals surface area contributed by atoms with Gasteiger partial charge < -0.3 is 5.32 Å². The van der Waals surface area contributed by atoms with Crippen LogP contribution < -0.4 is 5.32 Å². The van der Waals surface area contributed by atoms with Crippen LogP contribution >= 0.6 is 11.6 Å². The Morgan fingerprint density at radius 3 is 2.93 bits per heavy atom. The first-order chi connectivity index (χ1) is 7.26. The van der Waals surface area contributed by atoms with Crippen molar-refractivity contribution in [3.8, 4) is 0 Å². The van der Waals surface area contributed by atoms with Gasteiger partial charge in [-0.15, -0.1) is 11.6 Å². The summed E-state index contributed by atoms with van der Waals surface area (Å²) >= 11 is 5.78. The highest BCUT2D eigenvalue weighted by Crippen LogP contribution is 2.48. The topological polar surface area (TPSA) is 42.7 Å². The van der Waals surface area contributed by atoms with Gasteiger partial charge in [-0.05, 0) is 24.7 Å². The van der Waals surface area contributed by atoms with Crippen LogP contribution in [0.1, 0.15) is 25.1 Å². The zero-order valence-electron chi connectivity index (χ0n) is 9.04. The van der Waals surface area contributed by atoms with Crippen LogP contribution in [0.4, 0.5) is 0 Å². The zero-order chi connectivity index (χ0) is 10.7. The largest absolute Gasteiger partial charge is 0.309 e. The van der Waals surface area contributed by atoms with Crippen LogP contribution in [-0.2, 0) is 13.6 Å². The van der Waals surface area contributed by atoms with E-state index in [0.717, 1.165) is 31.2 Å². The molecule has 1 saturated carbocycles. The van der Waals surface area contributed by atoms with Crippen molar-refractivity contribution in [2.75, 3.05) is 12.4 Å². The Balaban J connectivity index is 1.73. The van der Waals surface area contributed by atoms with Crippen molar-refractivity contribution >= 4 is 11.6 Å². The summed E-state index contributed by atoms with van der Waals surface area (Å²) in [6, 6.07) is 0. The van der Waals surface area contributed by atoms with Crippen molar-refractivity contribution < 1.29 is 0 Å². The van der Waals surface area contributed by atoms with Crippen molar-refractivity contribution in [2.45, 2.75) is 25.8 Å². The van der Waals surface area contributed by atoms with Gasteiger partial charge in [0.25, 0.3) is 0 Å². The van der Waals surface area contributed by atoms with Gasteiger partial charge in [0, 0.05) is 19.5 Å². The summed E-state index contributed by atoms with van der Waals surface area (Å²) in [6.45, 7) is 1.84. The Morgan fingerprint density at radius 2 is 2.40 bits per heavy atom. The molecule has 0 saturated heterocycles. The maximum Gasteiger partial charge on any atom is 0.140 e. The molecule has 0 radical (unpaired) electrons. The first kappa shape index (κ1) is 10.9. The fourth-order valence-electron chi connectivity index (χ4n) is 1.81. The highest BCUT2D eigenvalue weighted by atomic mass is 35.5. The molecule has 0 amide bonds. The molecule has 5 heteroatoms. The van der Waals surface area contributed by atoms with Gasteiger partial charge >= 0.3 is 0 Å². The molecule has 84 valence electrons. The van der Waals surface area contributed by atoms with E-state index in [2.05, 4.69) is 15.4 Å². The van der Waals surface area contributed by atoms with Gasteiger partial charge in [0.05, 0.1) is 6.54 Å². The van der Waals surface area contributed by atoms with Gasteiger partial charge in [0.2, 0.25) is 0 Å². The van der Waals surface area contributed by atoms with Crippen LogP contribution in [0.15, 0.2) is 6.33 Å². The van der Waals surface area contributed by atoms with Crippen LogP contribution in [0.5, 0.6) is 0 Å². The molecule has 0 bridgehead atoms. The van der Waals surface area contributed by atoms with Crippen LogP contribution in [-0.4, -0.2) is 27.2 Å². The number of nitrogens with zero attached hydrogens (tertiary/aromatic N) is 3. The number of rotatable bonds is 6. The third-order valence-electron chi connectivity index (χ3n) is 3.17. The van der Waals surface area contributed by atoms with Crippen molar-refractivity contribution in [1.29, 1.82) is 0 Å².